The third-order valence-electron chi connectivity index (χ3n) is 11.9. The Labute approximate surface area is 340 Å². The summed E-state index contributed by atoms with van der Waals surface area (Å²) in [6.45, 7) is 8.48. The van der Waals surface area contributed by atoms with Gasteiger partial charge < -0.3 is 9.47 Å². The molecule has 0 radical (unpaired) electrons. The molecule has 0 aromatic heterocycles. The molecular formula is C52H98O2. The lowest BCUT2D eigenvalue weighted by atomic mass is 10.0. The van der Waals surface area contributed by atoms with E-state index in [1.54, 1.807) is 0 Å². The summed E-state index contributed by atoms with van der Waals surface area (Å²) in [5.41, 5.74) is 1.31. The Bertz CT molecular complexity index is 785. The van der Waals surface area contributed by atoms with E-state index in [1.807, 2.05) is 0 Å². The normalized spacial score (nSPS) is 11.5. The lowest BCUT2D eigenvalue weighted by Crippen LogP contribution is -2.01. The van der Waals surface area contributed by atoms with Crippen molar-refractivity contribution < 1.29 is 9.47 Å². The van der Waals surface area contributed by atoms with Gasteiger partial charge in [-0.3, -0.25) is 0 Å². The van der Waals surface area contributed by atoms with E-state index in [2.05, 4.69) is 39.0 Å². The van der Waals surface area contributed by atoms with Crippen LogP contribution in [0, 0.1) is 0 Å². The predicted molar refractivity (Wildman–Crippen MR) is 243 cm³/mol. The maximum atomic E-state index is 6.20. The van der Waals surface area contributed by atoms with Crippen LogP contribution in [0.4, 0.5) is 0 Å². The number of ether oxygens (including phenoxy) is 2. The van der Waals surface area contributed by atoms with E-state index in [1.165, 1.54) is 250 Å². The summed E-state index contributed by atoms with van der Waals surface area (Å²) in [4.78, 5) is 0. The first-order valence-electron chi connectivity index (χ1n) is 25.2. The van der Waals surface area contributed by atoms with Crippen LogP contribution in [0.1, 0.15) is 283 Å². The van der Waals surface area contributed by atoms with E-state index in [-0.39, 0.29) is 0 Å². The van der Waals surface area contributed by atoms with Crippen LogP contribution in [0.2, 0.25) is 0 Å². The monoisotopic (exact) mass is 755 g/mol. The molecule has 0 atom stereocenters. The molecule has 0 aliphatic heterocycles. The van der Waals surface area contributed by atoms with Gasteiger partial charge in [0.15, 0.2) is 0 Å². The number of hydrogen-bond acceptors (Lipinski definition) is 2. The average Bonchev–Trinajstić information content (AvgIpc) is 3.19. The number of benzene rings is 1. The highest BCUT2D eigenvalue weighted by Crippen LogP contribution is 2.25. The topological polar surface area (TPSA) is 18.5 Å². The quantitative estimate of drug-likeness (QED) is 0.0617. The van der Waals surface area contributed by atoms with Gasteiger partial charge in [0.05, 0.1) is 13.2 Å². The van der Waals surface area contributed by atoms with Crippen molar-refractivity contribution in [2.75, 3.05) is 13.2 Å². The molecule has 1 aromatic carbocycles. The van der Waals surface area contributed by atoms with Crippen molar-refractivity contribution in [3.05, 3.63) is 23.8 Å². The van der Waals surface area contributed by atoms with Gasteiger partial charge in [-0.1, -0.05) is 265 Å². The first-order chi connectivity index (χ1) is 26.8. The van der Waals surface area contributed by atoms with Crippen LogP contribution in [-0.4, -0.2) is 13.2 Å². The zero-order chi connectivity index (χ0) is 38.7. The Kier molecular flexibility index (Phi) is 40.4. The molecule has 0 amide bonds. The molecule has 1 rings (SSSR count). The zero-order valence-electron chi connectivity index (χ0n) is 37.5. The lowest BCUT2D eigenvalue weighted by molar-refractivity contribution is 0.289. The standard InChI is InChI=1S/C52H98O2/c1-4-7-9-11-13-15-17-19-21-23-25-27-29-31-33-35-37-39-41-43-45-53-51-47-50(6-3)48-52(49-51)54-46-44-42-40-38-36-34-32-30-28-26-24-22-20-18-16-14-12-10-8-5-2/h47-49H,4-46H2,1-3H3. The molecule has 2 heteroatoms. The van der Waals surface area contributed by atoms with Crippen LogP contribution in [-0.2, 0) is 6.42 Å². The third-order valence-corrected chi connectivity index (χ3v) is 11.9. The molecule has 2 nitrogen and oxygen atoms in total. The first kappa shape index (κ1) is 50.8. The minimum atomic E-state index is 0.824. The van der Waals surface area contributed by atoms with E-state index in [9.17, 15) is 0 Å². The molecule has 0 spiro atoms. The molecule has 1 aromatic rings. The molecule has 0 saturated heterocycles. The van der Waals surface area contributed by atoms with E-state index in [4.69, 9.17) is 9.47 Å². The van der Waals surface area contributed by atoms with Gasteiger partial charge in [-0.2, -0.15) is 0 Å². The van der Waals surface area contributed by atoms with E-state index < -0.39 is 0 Å². The Morgan fingerprint density at radius 3 is 0.667 bits per heavy atom. The molecule has 318 valence electrons. The lowest BCUT2D eigenvalue weighted by Gasteiger charge is -2.12. The van der Waals surface area contributed by atoms with Gasteiger partial charge in [0.25, 0.3) is 0 Å². The van der Waals surface area contributed by atoms with Crippen molar-refractivity contribution in [1.82, 2.24) is 0 Å². The fourth-order valence-electron chi connectivity index (χ4n) is 8.10. The van der Waals surface area contributed by atoms with E-state index >= 15 is 0 Å². The summed E-state index contributed by atoms with van der Waals surface area (Å²) in [7, 11) is 0. The summed E-state index contributed by atoms with van der Waals surface area (Å²) in [5, 5.41) is 0. The summed E-state index contributed by atoms with van der Waals surface area (Å²) in [6.07, 6.45) is 57.8. The predicted octanol–water partition coefficient (Wildman–Crippen LogP) is 18.7. The molecule has 54 heavy (non-hydrogen) atoms. The fourth-order valence-corrected chi connectivity index (χ4v) is 8.10. The van der Waals surface area contributed by atoms with Gasteiger partial charge in [0.2, 0.25) is 0 Å². The SMILES string of the molecule is CCCCCCCCCCCCCCCCCCCCCCOc1cc(CC)cc(OCCCCCCCCCCCCCCCCCCCCCC)c1. The van der Waals surface area contributed by atoms with Crippen molar-refractivity contribution in [3.63, 3.8) is 0 Å². The Morgan fingerprint density at radius 2 is 0.463 bits per heavy atom. The second-order valence-electron chi connectivity index (χ2n) is 17.3. The van der Waals surface area contributed by atoms with Gasteiger partial charge in [-0.15, -0.1) is 0 Å². The van der Waals surface area contributed by atoms with Crippen molar-refractivity contribution in [3.8, 4) is 11.5 Å². The number of aryl methyl sites for hydroxylation is 1. The molecular weight excluding hydrogens is 657 g/mol. The molecule has 0 unspecified atom stereocenters. The second-order valence-corrected chi connectivity index (χ2v) is 17.3. The highest BCUT2D eigenvalue weighted by atomic mass is 16.5. The summed E-state index contributed by atoms with van der Waals surface area (Å²) < 4.78 is 12.4. The zero-order valence-corrected chi connectivity index (χ0v) is 37.5. The van der Waals surface area contributed by atoms with E-state index in [0.717, 1.165) is 44.0 Å². The molecule has 0 N–H and O–H groups in total. The largest absolute Gasteiger partial charge is 0.493 e. The van der Waals surface area contributed by atoms with Crippen LogP contribution in [0.25, 0.3) is 0 Å². The van der Waals surface area contributed by atoms with Crippen LogP contribution in [0.15, 0.2) is 18.2 Å². The maximum Gasteiger partial charge on any atom is 0.123 e. The van der Waals surface area contributed by atoms with Crippen molar-refractivity contribution >= 4 is 0 Å². The third kappa shape index (κ3) is 36.5. The Morgan fingerprint density at radius 1 is 0.259 bits per heavy atom. The fraction of sp³-hybridized carbons (Fsp3) is 0.885. The van der Waals surface area contributed by atoms with Crippen LogP contribution in [0.5, 0.6) is 11.5 Å². The van der Waals surface area contributed by atoms with Crippen molar-refractivity contribution in [2.45, 2.75) is 284 Å². The molecule has 0 aliphatic carbocycles. The average molecular weight is 755 g/mol. The first-order valence-corrected chi connectivity index (χ1v) is 25.2. The van der Waals surface area contributed by atoms with Gasteiger partial charge in [0, 0.05) is 6.07 Å². The Balaban J connectivity index is 1.89. The van der Waals surface area contributed by atoms with Gasteiger partial charge >= 0.3 is 0 Å². The molecule has 0 heterocycles. The molecule has 0 saturated carbocycles. The second kappa shape index (κ2) is 43.0. The van der Waals surface area contributed by atoms with Crippen molar-refractivity contribution in [1.29, 1.82) is 0 Å². The molecule has 0 fully saturated rings. The maximum absolute atomic E-state index is 6.20. The van der Waals surface area contributed by atoms with Crippen LogP contribution >= 0.6 is 0 Å². The molecule has 0 bridgehead atoms. The smallest absolute Gasteiger partial charge is 0.123 e. The van der Waals surface area contributed by atoms with Gasteiger partial charge in [0.1, 0.15) is 11.5 Å². The highest BCUT2D eigenvalue weighted by molar-refractivity contribution is 5.38. The summed E-state index contributed by atoms with van der Waals surface area (Å²) in [6, 6.07) is 6.54. The number of unbranched alkanes of at least 4 members (excludes halogenated alkanes) is 38. The minimum Gasteiger partial charge on any atom is -0.493 e. The Hall–Kier alpha value is -1.18. The van der Waals surface area contributed by atoms with Crippen LogP contribution < -0.4 is 9.47 Å². The van der Waals surface area contributed by atoms with Gasteiger partial charge in [-0.05, 0) is 37.0 Å². The van der Waals surface area contributed by atoms with Crippen LogP contribution in [0.3, 0.4) is 0 Å². The summed E-state index contributed by atoms with van der Waals surface area (Å²) in [5.74, 6) is 1.98. The number of rotatable bonds is 45. The molecule has 0 aliphatic rings. The number of hydrogen-bond donors (Lipinski definition) is 0. The van der Waals surface area contributed by atoms with Crippen molar-refractivity contribution in [2.24, 2.45) is 0 Å². The summed E-state index contributed by atoms with van der Waals surface area (Å²) >= 11 is 0. The highest BCUT2D eigenvalue weighted by Gasteiger charge is 2.04. The van der Waals surface area contributed by atoms with E-state index in [0.29, 0.717) is 0 Å². The van der Waals surface area contributed by atoms with Gasteiger partial charge in [-0.25, -0.2) is 0 Å². The minimum absolute atomic E-state index is 0.824.